The summed E-state index contributed by atoms with van der Waals surface area (Å²) < 4.78 is 4.80. The molecule has 2 N–H and O–H groups in total. The minimum Gasteiger partial charge on any atom is -0.410 e. The molecule has 90 valence electrons. The molecule has 0 radical (unpaired) electrons. The van der Waals surface area contributed by atoms with Gasteiger partial charge in [0.05, 0.1) is 0 Å². The van der Waals surface area contributed by atoms with Crippen molar-refractivity contribution in [1.82, 2.24) is 4.90 Å². The number of benzene rings is 1. The highest BCUT2D eigenvalue weighted by molar-refractivity contribution is 5.96. The first kappa shape index (κ1) is 11.4. The van der Waals surface area contributed by atoms with Crippen LogP contribution in [0.15, 0.2) is 18.2 Å². The Labute approximate surface area is 99.2 Å². The normalized spacial score (nSPS) is 15.1. The molecule has 17 heavy (non-hydrogen) atoms. The third-order valence-corrected chi connectivity index (χ3v) is 2.81. The molecule has 1 heterocycles. The summed E-state index contributed by atoms with van der Waals surface area (Å²) in [6.45, 7) is 0.736. The summed E-state index contributed by atoms with van der Waals surface area (Å²) >= 11 is 0. The minimum absolute atomic E-state index is 0.00289. The Morgan fingerprint density at radius 3 is 2.94 bits per heavy atom. The monoisotopic (exact) mass is 234 g/mol. The van der Waals surface area contributed by atoms with Crippen LogP contribution in [0.4, 0.5) is 4.79 Å². The molecule has 1 aliphatic heterocycles. The van der Waals surface area contributed by atoms with E-state index in [1.54, 1.807) is 30.1 Å². The van der Waals surface area contributed by atoms with Crippen LogP contribution in [-0.4, -0.2) is 30.5 Å². The zero-order valence-corrected chi connectivity index (χ0v) is 9.60. The van der Waals surface area contributed by atoms with Crippen LogP contribution >= 0.6 is 0 Å². The highest BCUT2D eigenvalue weighted by Crippen LogP contribution is 2.23. The van der Waals surface area contributed by atoms with E-state index in [0.29, 0.717) is 11.3 Å². The number of nitrogens with two attached hydrogens (primary N) is 1. The van der Waals surface area contributed by atoms with Crippen LogP contribution in [0.5, 0.6) is 5.75 Å². The largest absolute Gasteiger partial charge is 0.410 e. The van der Waals surface area contributed by atoms with Gasteiger partial charge in [0, 0.05) is 19.2 Å². The zero-order valence-electron chi connectivity index (χ0n) is 9.60. The van der Waals surface area contributed by atoms with Crippen molar-refractivity contribution in [3.8, 4) is 5.75 Å². The van der Waals surface area contributed by atoms with Crippen LogP contribution in [0.2, 0.25) is 0 Å². The number of primary amides is 1. The van der Waals surface area contributed by atoms with Crippen molar-refractivity contribution < 1.29 is 14.3 Å². The van der Waals surface area contributed by atoms with Crippen molar-refractivity contribution in [3.05, 3.63) is 29.3 Å². The van der Waals surface area contributed by atoms with E-state index >= 15 is 0 Å². The van der Waals surface area contributed by atoms with E-state index in [2.05, 4.69) is 0 Å². The minimum atomic E-state index is -0.845. The predicted octanol–water partition coefficient (Wildman–Crippen LogP) is 1.16. The molecule has 5 nitrogen and oxygen atoms in total. The van der Waals surface area contributed by atoms with Crippen molar-refractivity contribution in [2.75, 3.05) is 13.6 Å². The highest BCUT2D eigenvalue weighted by atomic mass is 16.5. The first-order chi connectivity index (χ1) is 8.08. The van der Waals surface area contributed by atoms with E-state index in [4.69, 9.17) is 10.5 Å². The van der Waals surface area contributed by atoms with E-state index in [1.807, 2.05) is 0 Å². The molecule has 1 aromatic carbocycles. The Balaban J connectivity index is 2.35. The molecule has 5 heteroatoms. The fourth-order valence-electron chi connectivity index (χ4n) is 1.98. The van der Waals surface area contributed by atoms with Crippen LogP contribution in [0, 0.1) is 0 Å². The summed E-state index contributed by atoms with van der Waals surface area (Å²) in [6.07, 6.45) is 0.846. The lowest BCUT2D eigenvalue weighted by atomic mass is 10.0. The second-order valence-corrected chi connectivity index (χ2v) is 4.07. The standard InChI is InChI=1S/C12H14N2O3/c1-14-6-2-3-8-7-9(17-12(13)16)4-5-10(8)11(14)15/h4-5,7H,2-3,6H2,1H3,(H2,13,16). The molecule has 0 bridgehead atoms. The Morgan fingerprint density at radius 1 is 1.47 bits per heavy atom. The maximum atomic E-state index is 12.0. The van der Waals surface area contributed by atoms with Gasteiger partial charge < -0.3 is 15.4 Å². The molecule has 0 saturated heterocycles. The molecular weight excluding hydrogens is 220 g/mol. The number of amides is 2. The first-order valence-corrected chi connectivity index (χ1v) is 5.43. The van der Waals surface area contributed by atoms with E-state index in [1.165, 1.54) is 0 Å². The van der Waals surface area contributed by atoms with Crippen LogP contribution in [0.25, 0.3) is 0 Å². The number of ether oxygens (including phenoxy) is 1. The topological polar surface area (TPSA) is 72.6 Å². The number of aryl methyl sites for hydroxylation is 1. The smallest absolute Gasteiger partial charge is 0.409 e. The van der Waals surface area contributed by atoms with Gasteiger partial charge in [-0.15, -0.1) is 0 Å². The molecule has 0 fully saturated rings. The number of nitrogens with zero attached hydrogens (tertiary/aromatic N) is 1. The number of carbonyl (C=O) groups excluding carboxylic acids is 2. The Hall–Kier alpha value is -2.04. The van der Waals surface area contributed by atoms with Gasteiger partial charge in [0.15, 0.2) is 0 Å². The van der Waals surface area contributed by atoms with Crippen LogP contribution in [0.3, 0.4) is 0 Å². The van der Waals surface area contributed by atoms with Gasteiger partial charge >= 0.3 is 6.09 Å². The molecule has 0 saturated carbocycles. The summed E-state index contributed by atoms with van der Waals surface area (Å²) in [5, 5.41) is 0. The predicted molar refractivity (Wildman–Crippen MR) is 61.9 cm³/mol. The SMILES string of the molecule is CN1CCCc2cc(OC(N)=O)ccc2C1=O. The number of fused-ring (bicyclic) bond motifs is 1. The second kappa shape index (κ2) is 4.45. The lowest BCUT2D eigenvalue weighted by molar-refractivity contribution is 0.0800. The van der Waals surface area contributed by atoms with Crippen LogP contribution < -0.4 is 10.5 Å². The summed E-state index contributed by atoms with van der Waals surface area (Å²) in [5.74, 6) is 0.386. The fourth-order valence-corrected chi connectivity index (χ4v) is 1.98. The Morgan fingerprint density at radius 2 is 2.24 bits per heavy atom. The van der Waals surface area contributed by atoms with Crippen molar-refractivity contribution in [1.29, 1.82) is 0 Å². The lowest BCUT2D eigenvalue weighted by Crippen LogP contribution is -2.26. The summed E-state index contributed by atoms with van der Waals surface area (Å²) in [4.78, 5) is 24.3. The Kier molecular flexibility index (Phi) is 2.99. The average molecular weight is 234 g/mol. The molecule has 0 unspecified atom stereocenters. The van der Waals surface area contributed by atoms with E-state index in [0.717, 1.165) is 24.9 Å². The molecular formula is C12H14N2O3. The third-order valence-electron chi connectivity index (χ3n) is 2.81. The summed E-state index contributed by atoms with van der Waals surface area (Å²) in [7, 11) is 1.78. The van der Waals surface area contributed by atoms with Crippen LogP contribution in [-0.2, 0) is 6.42 Å². The van der Waals surface area contributed by atoms with E-state index < -0.39 is 6.09 Å². The van der Waals surface area contributed by atoms with Crippen LogP contribution in [0.1, 0.15) is 22.3 Å². The zero-order chi connectivity index (χ0) is 12.4. The molecule has 0 spiro atoms. The van der Waals surface area contributed by atoms with E-state index in [9.17, 15) is 9.59 Å². The van der Waals surface area contributed by atoms with Crippen molar-refractivity contribution in [2.45, 2.75) is 12.8 Å². The number of hydrogen-bond donors (Lipinski definition) is 1. The highest BCUT2D eigenvalue weighted by Gasteiger charge is 2.20. The maximum absolute atomic E-state index is 12.0. The van der Waals surface area contributed by atoms with Gasteiger partial charge in [0.1, 0.15) is 5.75 Å². The lowest BCUT2D eigenvalue weighted by Gasteiger charge is -2.14. The van der Waals surface area contributed by atoms with Gasteiger partial charge in [0.2, 0.25) is 0 Å². The van der Waals surface area contributed by atoms with Gasteiger partial charge in [-0.05, 0) is 36.6 Å². The molecule has 0 aliphatic carbocycles. The average Bonchev–Trinajstić information content (AvgIpc) is 2.39. The van der Waals surface area contributed by atoms with Gasteiger partial charge in [-0.2, -0.15) is 0 Å². The number of rotatable bonds is 1. The third kappa shape index (κ3) is 2.38. The molecule has 1 aliphatic rings. The van der Waals surface area contributed by atoms with Gasteiger partial charge in [0.25, 0.3) is 5.91 Å². The maximum Gasteiger partial charge on any atom is 0.409 e. The molecule has 1 aromatic rings. The number of carbonyl (C=O) groups is 2. The number of hydrogen-bond acceptors (Lipinski definition) is 3. The fraction of sp³-hybridized carbons (Fsp3) is 0.333. The van der Waals surface area contributed by atoms with E-state index in [-0.39, 0.29) is 5.91 Å². The van der Waals surface area contributed by atoms with Gasteiger partial charge in [-0.3, -0.25) is 4.79 Å². The van der Waals surface area contributed by atoms with Crippen molar-refractivity contribution in [2.24, 2.45) is 5.73 Å². The molecule has 0 atom stereocenters. The summed E-state index contributed by atoms with van der Waals surface area (Å²) in [5.41, 5.74) is 6.51. The molecule has 2 rings (SSSR count). The summed E-state index contributed by atoms with van der Waals surface area (Å²) in [6, 6.07) is 4.97. The molecule has 2 amide bonds. The molecule has 0 aromatic heterocycles. The van der Waals surface area contributed by atoms with Crippen molar-refractivity contribution >= 4 is 12.0 Å². The Bertz CT molecular complexity index is 471. The second-order valence-electron chi connectivity index (χ2n) is 4.07. The first-order valence-electron chi connectivity index (χ1n) is 5.43. The van der Waals surface area contributed by atoms with Gasteiger partial charge in [-0.25, -0.2) is 4.79 Å². The quantitative estimate of drug-likeness (QED) is 0.792. The van der Waals surface area contributed by atoms with Crippen molar-refractivity contribution in [3.63, 3.8) is 0 Å². The van der Waals surface area contributed by atoms with Gasteiger partial charge in [-0.1, -0.05) is 0 Å².